The van der Waals surface area contributed by atoms with E-state index in [-0.39, 0.29) is 12.6 Å². The van der Waals surface area contributed by atoms with Crippen molar-refractivity contribution in [1.82, 2.24) is 4.31 Å². The highest BCUT2D eigenvalue weighted by Crippen LogP contribution is 2.23. The summed E-state index contributed by atoms with van der Waals surface area (Å²) in [6, 6.07) is 4.86. The van der Waals surface area contributed by atoms with E-state index in [1.54, 1.807) is 12.1 Å². The van der Waals surface area contributed by atoms with Crippen molar-refractivity contribution in [3.63, 3.8) is 0 Å². The van der Waals surface area contributed by atoms with Gasteiger partial charge in [0, 0.05) is 13.1 Å². The van der Waals surface area contributed by atoms with Crippen molar-refractivity contribution in [1.29, 1.82) is 0 Å². The molecule has 0 aromatic heterocycles. The van der Waals surface area contributed by atoms with Crippen LogP contribution in [0, 0.1) is 13.8 Å². The van der Waals surface area contributed by atoms with Crippen LogP contribution in [0.1, 0.15) is 24.0 Å². The van der Waals surface area contributed by atoms with Gasteiger partial charge in [0.1, 0.15) is 0 Å². The summed E-state index contributed by atoms with van der Waals surface area (Å²) in [4.78, 5) is 14.3. The number of aryl methyl sites for hydroxylation is 2. The molecule has 1 aliphatic rings. The molecule has 1 heterocycles. The molecule has 1 aromatic rings. The zero-order chi connectivity index (χ0) is 14.8. The molecule has 0 N–H and O–H groups in total. The van der Waals surface area contributed by atoms with Crippen LogP contribution in [0.25, 0.3) is 0 Å². The summed E-state index contributed by atoms with van der Waals surface area (Å²) in [6.45, 7) is 4.57. The second-order valence-electron chi connectivity index (χ2n) is 5.13. The molecule has 0 radical (unpaired) electrons. The number of hydrogen-bond acceptors (Lipinski definition) is 4. The molecule has 1 fully saturated rings. The van der Waals surface area contributed by atoms with Gasteiger partial charge in [-0.3, -0.25) is 0 Å². The van der Waals surface area contributed by atoms with E-state index < -0.39 is 10.0 Å². The molecule has 1 aliphatic heterocycles. The number of sulfonamides is 1. The second kappa shape index (κ2) is 5.87. The van der Waals surface area contributed by atoms with Crippen LogP contribution >= 0.6 is 0 Å². The Morgan fingerprint density at radius 3 is 2.70 bits per heavy atom. The fraction of sp³-hybridized carbons (Fsp3) is 0.500. The van der Waals surface area contributed by atoms with Gasteiger partial charge in [0.2, 0.25) is 16.1 Å². The lowest BCUT2D eigenvalue weighted by molar-refractivity contribution is 0.316. The van der Waals surface area contributed by atoms with Gasteiger partial charge in [-0.2, -0.15) is 4.31 Å². The summed E-state index contributed by atoms with van der Waals surface area (Å²) < 4.78 is 26.6. The Bertz CT molecular complexity index is 648. The second-order valence-corrected chi connectivity index (χ2v) is 7.06. The van der Waals surface area contributed by atoms with Gasteiger partial charge in [-0.05, 0) is 49.9 Å². The van der Waals surface area contributed by atoms with Gasteiger partial charge in [0.05, 0.1) is 10.9 Å². The Hall–Kier alpha value is -1.49. The van der Waals surface area contributed by atoms with Crippen molar-refractivity contribution in [2.45, 2.75) is 37.6 Å². The van der Waals surface area contributed by atoms with Crippen LogP contribution in [-0.2, 0) is 14.8 Å². The van der Waals surface area contributed by atoms with Gasteiger partial charge in [-0.1, -0.05) is 6.07 Å². The zero-order valence-corrected chi connectivity index (χ0v) is 12.5. The Morgan fingerprint density at radius 2 is 2.05 bits per heavy atom. The molecule has 1 saturated heterocycles. The summed E-state index contributed by atoms with van der Waals surface area (Å²) in [5.74, 6) is 0. The molecule has 1 atom stereocenters. The molecule has 2 rings (SSSR count). The van der Waals surface area contributed by atoms with Crippen LogP contribution in [-0.4, -0.2) is 37.9 Å². The number of carbonyl (C=O) groups excluding carboxylic acids is 1. The highest BCUT2D eigenvalue weighted by atomic mass is 32.2. The molecular weight excluding hydrogens is 276 g/mol. The smallest absolute Gasteiger partial charge is 0.211 e. The van der Waals surface area contributed by atoms with Crippen molar-refractivity contribution in [2.24, 2.45) is 4.99 Å². The lowest BCUT2D eigenvalue weighted by Crippen LogP contribution is -2.41. The summed E-state index contributed by atoms with van der Waals surface area (Å²) >= 11 is 0. The molecular formula is C14H18N2O3S. The van der Waals surface area contributed by atoms with E-state index in [9.17, 15) is 13.2 Å². The van der Waals surface area contributed by atoms with Crippen LogP contribution in [0.4, 0.5) is 0 Å². The molecule has 0 amide bonds. The van der Waals surface area contributed by atoms with Crippen molar-refractivity contribution >= 4 is 16.1 Å². The quantitative estimate of drug-likeness (QED) is 0.630. The number of aliphatic imine (C=N–C) groups is 1. The molecule has 108 valence electrons. The number of isocyanates is 1. The van der Waals surface area contributed by atoms with E-state index in [1.165, 1.54) is 10.4 Å². The van der Waals surface area contributed by atoms with Crippen molar-refractivity contribution < 1.29 is 13.2 Å². The first-order chi connectivity index (χ1) is 9.45. The Morgan fingerprint density at radius 1 is 1.30 bits per heavy atom. The first-order valence-electron chi connectivity index (χ1n) is 6.59. The highest BCUT2D eigenvalue weighted by molar-refractivity contribution is 7.89. The third-order valence-electron chi connectivity index (χ3n) is 3.71. The van der Waals surface area contributed by atoms with E-state index in [1.807, 2.05) is 19.9 Å². The first kappa shape index (κ1) is 14.9. The number of benzene rings is 1. The van der Waals surface area contributed by atoms with Gasteiger partial charge in [0.15, 0.2) is 0 Å². The Labute approximate surface area is 119 Å². The average Bonchev–Trinajstić information content (AvgIpc) is 2.42. The van der Waals surface area contributed by atoms with Gasteiger partial charge in [-0.25, -0.2) is 18.2 Å². The van der Waals surface area contributed by atoms with Crippen LogP contribution < -0.4 is 0 Å². The van der Waals surface area contributed by atoms with Gasteiger partial charge in [0.25, 0.3) is 0 Å². The van der Waals surface area contributed by atoms with E-state index in [0.717, 1.165) is 17.5 Å². The van der Waals surface area contributed by atoms with Crippen molar-refractivity contribution in [2.75, 3.05) is 13.1 Å². The van der Waals surface area contributed by atoms with Crippen LogP contribution in [0.3, 0.4) is 0 Å². The lowest BCUT2D eigenvalue weighted by atomic mass is 10.1. The van der Waals surface area contributed by atoms with Crippen LogP contribution in [0.15, 0.2) is 28.1 Å². The SMILES string of the molecule is Cc1ccc(S(=O)(=O)N2CCCC(N=C=O)C2)cc1C. The minimum absolute atomic E-state index is 0.254. The number of nitrogens with zero attached hydrogens (tertiary/aromatic N) is 2. The monoisotopic (exact) mass is 294 g/mol. The zero-order valence-electron chi connectivity index (χ0n) is 11.7. The summed E-state index contributed by atoms with van der Waals surface area (Å²) in [6.07, 6.45) is 2.96. The molecule has 6 heteroatoms. The summed E-state index contributed by atoms with van der Waals surface area (Å²) in [7, 11) is -3.51. The van der Waals surface area contributed by atoms with E-state index >= 15 is 0 Å². The van der Waals surface area contributed by atoms with E-state index in [4.69, 9.17) is 0 Å². The third-order valence-corrected chi connectivity index (χ3v) is 5.57. The molecule has 0 aliphatic carbocycles. The molecule has 1 unspecified atom stereocenters. The topological polar surface area (TPSA) is 66.8 Å². The fourth-order valence-electron chi connectivity index (χ4n) is 2.34. The predicted molar refractivity (Wildman–Crippen MR) is 75.8 cm³/mol. The third kappa shape index (κ3) is 2.98. The average molecular weight is 294 g/mol. The van der Waals surface area contributed by atoms with Crippen molar-refractivity contribution in [3.05, 3.63) is 29.3 Å². The number of hydrogen-bond donors (Lipinski definition) is 0. The predicted octanol–water partition coefficient (Wildman–Crippen LogP) is 1.79. The summed E-state index contributed by atoms with van der Waals surface area (Å²) in [5.41, 5.74) is 2.01. The number of piperidine rings is 1. The fourth-order valence-corrected chi connectivity index (χ4v) is 3.94. The standard InChI is InChI=1S/C14H18N2O3S/c1-11-5-6-14(8-12(11)2)20(18,19)16-7-3-4-13(9-16)15-10-17/h5-6,8,13H,3-4,7,9H2,1-2H3. The molecule has 0 bridgehead atoms. The molecule has 0 spiro atoms. The maximum atomic E-state index is 12.6. The van der Waals surface area contributed by atoms with Crippen LogP contribution in [0.2, 0.25) is 0 Å². The lowest BCUT2D eigenvalue weighted by Gasteiger charge is -2.29. The first-order valence-corrected chi connectivity index (χ1v) is 8.03. The molecule has 20 heavy (non-hydrogen) atoms. The molecule has 0 saturated carbocycles. The van der Waals surface area contributed by atoms with Gasteiger partial charge >= 0.3 is 0 Å². The maximum Gasteiger partial charge on any atom is 0.243 e. The van der Waals surface area contributed by atoms with E-state index in [2.05, 4.69) is 4.99 Å². The van der Waals surface area contributed by atoms with Gasteiger partial charge in [-0.15, -0.1) is 0 Å². The highest BCUT2D eigenvalue weighted by Gasteiger charge is 2.30. The Kier molecular flexibility index (Phi) is 4.38. The van der Waals surface area contributed by atoms with Crippen LogP contribution in [0.5, 0.6) is 0 Å². The largest absolute Gasteiger partial charge is 0.243 e. The van der Waals surface area contributed by atoms with Gasteiger partial charge < -0.3 is 0 Å². The maximum absolute atomic E-state index is 12.6. The normalized spacial score (nSPS) is 20.4. The minimum atomic E-state index is -3.51. The molecule has 1 aromatic carbocycles. The number of rotatable bonds is 3. The minimum Gasteiger partial charge on any atom is -0.211 e. The Balaban J connectivity index is 2.29. The van der Waals surface area contributed by atoms with Crippen molar-refractivity contribution in [3.8, 4) is 0 Å². The summed E-state index contributed by atoms with van der Waals surface area (Å²) in [5, 5.41) is 0. The van der Waals surface area contributed by atoms with E-state index in [0.29, 0.717) is 17.9 Å². The molecule has 5 nitrogen and oxygen atoms in total.